The molecule has 22 heavy (non-hydrogen) atoms. The van der Waals surface area contributed by atoms with Gasteiger partial charge in [-0.25, -0.2) is 4.68 Å². The molecule has 0 aliphatic carbocycles. The van der Waals surface area contributed by atoms with Crippen LogP contribution in [0.2, 0.25) is 0 Å². The van der Waals surface area contributed by atoms with E-state index in [9.17, 15) is 0 Å². The van der Waals surface area contributed by atoms with Crippen molar-refractivity contribution in [2.24, 2.45) is 0 Å². The van der Waals surface area contributed by atoms with E-state index < -0.39 is 0 Å². The molecule has 0 saturated carbocycles. The minimum atomic E-state index is 0.809. The summed E-state index contributed by atoms with van der Waals surface area (Å²) in [6, 6.07) is 18.3. The first kappa shape index (κ1) is 12.7. The quantitative estimate of drug-likeness (QED) is 0.563. The molecule has 0 aliphatic heterocycles. The Morgan fingerprint density at radius 3 is 2.45 bits per heavy atom. The zero-order valence-corrected chi connectivity index (χ0v) is 12.1. The van der Waals surface area contributed by atoms with Crippen LogP contribution in [0.1, 0.15) is 5.56 Å². The molecular weight excluding hydrogens is 272 g/mol. The van der Waals surface area contributed by atoms with Crippen LogP contribution in [0.3, 0.4) is 0 Å². The topological polar surface area (TPSA) is 43.6 Å². The number of aryl methyl sites for hydroxylation is 1. The van der Waals surface area contributed by atoms with Crippen LogP contribution in [0.5, 0.6) is 0 Å². The van der Waals surface area contributed by atoms with Gasteiger partial charge >= 0.3 is 0 Å². The maximum atomic E-state index is 4.70. The Bertz CT molecular complexity index is 924. The van der Waals surface area contributed by atoms with Crippen LogP contribution in [-0.2, 0) is 0 Å². The molecule has 4 rings (SSSR count). The Balaban J connectivity index is 1.89. The van der Waals surface area contributed by atoms with Crippen LogP contribution in [-0.4, -0.2) is 20.0 Å². The molecule has 0 aliphatic rings. The van der Waals surface area contributed by atoms with Gasteiger partial charge < -0.3 is 0 Å². The van der Waals surface area contributed by atoms with Crippen LogP contribution in [0, 0.1) is 6.92 Å². The molecule has 0 bridgehead atoms. The lowest BCUT2D eigenvalue weighted by Crippen LogP contribution is -1.94. The van der Waals surface area contributed by atoms with E-state index in [2.05, 4.69) is 41.4 Å². The van der Waals surface area contributed by atoms with E-state index in [0.717, 1.165) is 27.8 Å². The third-order valence-corrected chi connectivity index (χ3v) is 3.67. The Morgan fingerprint density at radius 2 is 1.68 bits per heavy atom. The van der Waals surface area contributed by atoms with Crippen molar-refractivity contribution in [2.45, 2.75) is 6.92 Å². The average molecular weight is 286 g/mol. The second-order valence-corrected chi connectivity index (χ2v) is 5.27. The second kappa shape index (κ2) is 5.07. The van der Waals surface area contributed by atoms with Gasteiger partial charge in [-0.3, -0.25) is 0 Å². The molecule has 106 valence electrons. The van der Waals surface area contributed by atoms with Crippen LogP contribution >= 0.6 is 0 Å². The van der Waals surface area contributed by atoms with E-state index in [1.807, 2.05) is 41.2 Å². The van der Waals surface area contributed by atoms with Gasteiger partial charge in [0.2, 0.25) is 0 Å². The monoisotopic (exact) mass is 286 g/mol. The summed E-state index contributed by atoms with van der Waals surface area (Å²) < 4.78 is 1.87. The van der Waals surface area contributed by atoms with Gasteiger partial charge in [0.25, 0.3) is 0 Å². The van der Waals surface area contributed by atoms with E-state index in [1.54, 1.807) is 6.20 Å². The van der Waals surface area contributed by atoms with Gasteiger partial charge in [0.05, 0.1) is 11.9 Å². The van der Waals surface area contributed by atoms with Gasteiger partial charge in [-0.15, -0.1) is 5.10 Å². The van der Waals surface area contributed by atoms with Crippen molar-refractivity contribution in [3.8, 4) is 16.9 Å². The zero-order chi connectivity index (χ0) is 14.9. The molecule has 4 heteroatoms. The molecule has 0 spiro atoms. The maximum absolute atomic E-state index is 4.70. The molecule has 2 heterocycles. The normalized spacial score (nSPS) is 11.0. The van der Waals surface area contributed by atoms with Crippen LogP contribution in [0.25, 0.3) is 27.8 Å². The van der Waals surface area contributed by atoms with Gasteiger partial charge in [0.15, 0.2) is 0 Å². The summed E-state index contributed by atoms with van der Waals surface area (Å²) in [5.74, 6) is 0. The SMILES string of the molecule is Cc1ccc(-n2cc3cnnc(-c4ccccc4)c3n2)cc1. The number of fused-ring (bicyclic) bond motifs is 1. The fourth-order valence-corrected chi connectivity index (χ4v) is 2.48. The van der Waals surface area contributed by atoms with E-state index in [-0.39, 0.29) is 0 Å². The minimum Gasteiger partial charge on any atom is -0.240 e. The van der Waals surface area contributed by atoms with E-state index in [0.29, 0.717) is 0 Å². The fourth-order valence-electron chi connectivity index (χ4n) is 2.48. The minimum absolute atomic E-state index is 0.809. The zero-order valence-electron chi connectivity index (χ0n) is 12.1. The van der Waals surface area contributed by atoms with Crippen molar-refractivity contribution in [2.75, 3.05) is 0 Å². The molecule has 0 N–H and O–H groups in total. The van der Waals surface area contributed by atoms with E-state index in [4.69, 9.17) is 5.10 Å². The molecule has 0 atom stereocenters. The molecule has 4 nitrogen and oxygen atoms in total. The lowest BCUT2D eigenvalue weighted by atomic mass is 10.1. The van der Waals surface area contributed by atoms with Crippen molar-refractivity contribution in [1.29, 1.82) is 0 Å². The molecule has 0 amide bonds. The van der Waals surface area contributed by atoms with E-state index >= 15 is 0 Å². The van der Waals surface area contributed by atoms with Crippen LogP contribution in [0.15, 0.2) is 67.0 Å². The Hall–Kier alpha value is -3.01. The molecule has 0 radical (unpaired) electrons. The smallest absolute Gasteiger partial charge is 0.122 e. The highest BCUT2D eigenvalue weighted by Gasteiger charge is 2.11. The summed E-state index contributed by atoms with van der Waals surface area (Å²) in [6.45, 7) is 2.07. The molecule has 0 saturated heterocycles. The van der Waals surface area contributed by atoms with Gasteiger partial charge in [0, 0.05) is 17.1 Å². The third-order valence-electron chi connectivity index (χ3n) is 3.67. The lowest BCUT2D eigenvalue weighted by molar-refractivity contribution is 0.894. The fraction of sp³-hybridized carbons (Fsp3) is 0.0556. The molecular formula is C18H14N4. The van der Waals surface area contributed by atoms with Crippen LogP contribution < -0.4 is 0 Å². The number of hydrogen-bond donors (Lipinski definition) is 0. The van der Waals surface area contributed by atoms with E-state index in [1.165, 1.54) is 5.56 Å². The van der Waals surface area contributed by atoms with Crippen molar-refractivity contribution < 1.29 is 0 Å². The van der Waals surface area contributed by atoms with Crippen molar-refractivity contribution in [3.63, 3.8) is 0 Å². The average Bonchev–Trinajstić information content (AvgIpc) is 3.00. The van der Waals surface area contributed by atoms with Gasteiger partial charge in [0.1, 0.15) is 11.2 Å². The standard InChI is InChI=1S/C18H14N4/c1-13-7-9-16(10-8-13)22-12-15-11-19-20-17(18(15)21-22)14-5-3-2-4-6-14/h2-12H,1H3. The Morgan fingerprint density at radius 1 is 0.909 bits per heavy atom. The van der Waals surface area contributed by atoms with Crippen molar-refractivity contribution in [3.05, 3.63) is 72.6 Å². The molecule has 2 aromatic heterocycles. The number of benzene rings is 2. The summed E-state index contributed by atoms with van der Waals surface area (Å²) in [5, 5.41) is 14.1. The highest BCUT2D eigenvalue weighted by atomic mass is 15.3. The predicted octanol–water partition coefficient (Wildman–Crippen LogP) is 3.79. The Labute approximate surface area is 128 Å². The molecule has 2 aromatic carbocycles. The lowest BCUT2D eigenvalue weighted by Gasteiger charge is -2.01. The number of hydrogen-bond acceptors (Lipinski definition) is 3. The summed E-state index contributed by atoms with van der Waals surface area (Å²) in [6.07, 6.45) is 3.74. The summed E-state index contributed by atoms with van der Waals surface area (Å²) in [7, 11) is 0. The first-order chi connectivity index (χ1) is 10.8. The summed E-state index contributed by atoms with van der Waals surface area (Å²) in [5.41, 5.74) is 4.95. The second-order valence-electron chi connectivity index (χ2n) is 5.27. The third kappa shape index (κ3) is 2.15. The summed E-state index contributed by atoms with van der Waals surface area (Å²) in [4.78, 5) is 0. The number of rotatable bonds is 2. The predicted molar refractivity (Wildman–Crippen MR) is 86.8 cm³/mol. The largest absolute Gasteiger partial charge is 0.240 e. The number of aromatic nitrogens is 4. The highest BCUT2D eigenvalue weighted by molar-refractivity contribution is 5.90. The van der Waals surface area contributed by atoms with Crippen molar-refractivity contribution >= 4 is 10.9 Å². The molecule has 0 unspecified atom stereocenters. The van der Waals surface area contributed by atoms with Crippen molar-refractivity contribution in [1.82, 2.24) is 20.0 Å². The summed E-state index contributed by atoms with van der Waals surface area (Å²) >= 11 is 0. The first-order valence-electron chi connectivity index (χ1n) is 7.15. The molecule has 4 aromatic rings. The Kier molecular flexibility index (Phi) is 2.93. The van der Waals surface area contributed by atoms with Gasteiger partial charge in [-0.1, -0.05) is 48.0 Å². The highest BCUT2D eigenvalue weighted by Crippen LogP contribution is 2.25. The van der Waals surface area contributed by atoms with Gasteiger partial charge in [-0.05, 0) is 19.1 Å². The van der Waals surface area contributed by atoms with Gasteiger partial charge in [-0.2, -0.15) is 10.2 Å². The number of nitrogens with zero attached hydrogens (tertiary/aromatic N) is 4. The maximum Gasteiger partial charge on any atom is 0.122 e. The van der Waals surface area contributed by atoms with Crippen LogP contribution in [0.4, 0.5) is 0 Å². The molecule has 0 fully saturated rings. The first-order valence-corrected chi connectivity index (χ1v) is 7.15.